The average Bonchev–Trinajstić information content (AvgIpc) is 2.28. The van der Waals surface area contributed by atoms with Crippen LogP contribution in [-0.4, -0.2) is 19.4 Å². The summed E-state index contributed by atoms with van der Waals surface area (Å²) in [6, 6.07) is 0. The van der Waals surface area contributed by atoms with Crippen LogP contribution in [0.3, 0.4) is 0 Å². The van der Waals surface area contributed by atoms with E-state index in [0.29, 0.717) is 0 Å². The molecule has 0 aromatic heterocycles. The van der Waals surface area contributed by atoms with Crippen molar-refractivity contribution in [3.8, 4) is 0 Å². The summed E-state index contributed by atoms with van der Waals surface area (Å²) in [5, 5.41) is 0. The summed E-state index contributed by atoms with van der Waals surface area (Å²) < 4.78 is 4.74. The molecule has 0 heterocycles. The van der Waals surface area contributed by atoms with Gasteiger partial charge in [0.05, 0.1) is 13.0 Å². The molecule has 3 aliphatic carbocycles. The van der Waals surface area contributed by atoms with E-state index < -0.39 is 0 Å². The molecule has 4 unspecified atom stereocenters. The molecule has 3 heteroatoms. The van der Waals surface area contributed by atoms with Gasteiger partial charge in [0, 0.05) is 5.92 Å². The lowest BCUT2D eigenvalue weighted by Gasteiger charge is -2.40. The molecule has 0 N–H and O–H groups in total. The molecule has 0 radical (unpaired) electrons. The Morgan fingerprint density at radius 3 is 2.50 bits per heavy atom. The number of methoxy groups -OCH3 is 1. The first-order valence-electron chi connectivity index (χ1n) is 4.99. The number of fused-ring (bicyclic) bond motifs is 2. The molecule has 14 heavy (non-hydrogen) atoms. The number of rotatable bonds is 2. The van der Waals surface area contributed by atoms with E-state index in [1.807, 2.05) is 0 Å². The van der Waals surface area contributed by atoms with Gasteiger partial charge in [0.1, 0.15) is 6.29 Å². The van der Waals surface area contributed by atoms with Crippen molar-refractivity contribution in [2.45, 2.75) is 12.8 Å². The molecule has 0 spiro atoms. The monoisotopic (exact) mass is 194 g/mol. The van der Waals surface area contributed by atoms with Gasteiger partial charge in [-0.2, -0.15) is 0 Å². The minimum Gasteiger partial charge on any atom is -0.469 e. The summed E-state index contributed by atoms with van der Waals surface area (Å²) in [5.74, 6) is -0.169. The van der Waals surface area contributed by atoms with E-state index in [4.69, 9.17) is 4.74 Å². The summed E-state index contributed by atoms with van der Waals surface area (Å²) in [5.41, 5.74) is 0. The zero-order chi connectivity index (χ0) is 10.1. The van der Waals surface area contributed by atoms with Gasteiger partial charge in [-0.3, -0.25) is 4.79 Å². The molecule has 3 nitrogen and oxygen atoms in total. The molecule has 1 saturated carbocycles. The Balaban J connectivity index is 2.26. The van der Waals surface area contributed by atoms with E-state index in [1.54, 1.807) is 0 Å². The summed E-state index contributed by atoms with van der Waals surface area (Å²) in [6.07, 6.45) is 7.09. The summed E-state index contributed by atoms with van der Waals surface area (Å²) in [7, 11) is 1.39. The quantitative estimate of drug-likeness (QED) is 0.376. The molecule has 3 aliphatic rings. The molecule has 76 valence electrons. The smallest absolute Gasteiger partial charge is 0.310 e. The van der Waals surface area contributed by atoms with Gasteiger partial charge >= 0.3 is 5.97 Å². The summed E-state index contributed by atoms with van der Waals surface area (Å²) >= 11 is 0. The van der Waals surface area contributed by atoms with Gasteiger partial charge in [-0.1, -0.05) is 12.2 Å². The maximum absolute atomic E-state index is 11.5. The first-order chi connectivity index (χ1) is 6.77. The molecule has 4 atom stereocenters. The van der Waals surface area contributed by atoms with Gasteiger partial charge in [-0.05, 0) is 24.7 Å². The third kappa shape index (κ3) is 1.27. The Bertz CT molecular complexity index is 282. The largest absolute Gasteiger partial charge is 0.469 e. The normalized spacial score (nSPS) is 39.5. The number of aldehydes is 1. The van der Waals surface area contributed by atoms with Crippen LogP contribution in [0.1, 0.15) is 12.8 Å². The highest BCUT2D eigenvalue weighted by Gasteiger charge is 2.44. The molecule has 0 aromatic rings. The van der Waals surface area contributed by atoms with Crippen LogP contribution in [0.4, 0.5) is 0 Å². The van der Waals surface area contributed by atoms with Gasteiger partial charge in [-0.25, -0.2) is 0 Å². The highest BCUT2D eigenvalue weighted by atomic mass is 16.5. The Morgan fingerprint density at radius 1 is 1.36 bits per heavy atom. The first kappa shape index (κ1) is 9.44. The van der Waals surface area contributed by atoms with Crippen molar-refractivity contribution in [1.29, 1.82) is 0 Å². The highest BCUT2D eigenvalue weighted by Crippen LogP contribution is 2.44. The van der Waals surface area contributed by atoms with Crippen LogP contribution < -0.4 is 0 Å². The number of ether oxygens (including phenoxy) is 1. The van der Waals surface area contributed by atoms with Gasteiger partial charge in [0.15, 0.2) is 0 Å². The molecular weight excluding hydrogens is 180 g/mol. The molecule has 0 aromatic carbocycles. The number of hydrogen-bond acceptors (Lipinski definition) is 3. The SMILES string of the molecule is COC(=O)C1C2C=CC(CC2)C1C=O. The van der Waals surface area contributed by atoms with Crippen LogP contribution in [0.25, 0.3) is 0 Å². The van der Waals surface area contributed by atoms with Gasteiger partial charge in [0.25, 0.3) is 0 Å². The second kappa shape index (κ2) is 3.56. The number of carbonyl (C=O) groups excluding carboxylic acids is 2. The second-order valence-corrected chi connectivity index (χ2v) is 4.05. The Labute approximate surface area is 83.1 Å². The fourth-order valence-corrected chi connectivity index (χ4v) is 2.69. The van der Waals surface area contributed by atoms with Crippen LogP contribution in [0, 0.1) is 23.7 Å². The van der Waals surface area contributed by atoms with Crippen molar-refractivity contribution in [1.82, 2.24) is 0 Å². The first-order valence-corrected chi connectivity index (χ1v) is 4.99. The molecule has 0 aliphatic heterocycles. The minimum absolute atomic E-state index is 0.161. The van der Waals surface area contributed by atoms with Crippen molar-refractivity contribution in [2.75, 3.05) is 7.11 Å². The maximum atomic E-state index is 11.5. The molecule has 2 bridgehead atoms. The van der Waals surface area contributed by atoms with Crippen molar-refractivity contribution in [3.63, 3.8) is 0 Å². The van der Waals surface area contributed by atoms with Crippen molar-refractivity contribution in [2.24, 2.45) is 23.7 Å². The van der Waals surface area contributed by atoms with Crippen LogP contribution in [0.2, 0.25) is 0 Å². The van der Waals surface area contributed by atoms with E-state index in [1.165, 1.54) is 7.11 Å². The van der Waals surface area contributed by atoms with E-state index in [2.05, 4.69) is 12.2 Å². The predicted molar refractivity (Wildman–Crippen MR) is 50.4 cm³/mol. The standard InChI is InChI=1S/C11H14O3/c1-14-11(13)10-8-4-2-7(3-5-8)9(10)6-12/h2,4,6-10H,3,5H2,1H3. The lowest BCUT2D eigenvalue weighted by molar-refractivity contribution is -0.153. The molecule has 0 amide bonds. The molecule has 3 rings (SSSR count). The molecule has 1 fully saturated rings. The zero-order valence-corrected chi connectivity index (χ0v) is 8.18. The minimum atomic E-state index is -0.235. The summed E-state index contributed by atoms with van der Waals surface area (Å²) in [6.45, 7) is 0. The number of carbonyl (C=O) groups is 2. The Hall–Kier alpha value is -1.12. The van der Waals surface area contributed by atoms with Crippen LogP contribution in [-0.2, 0) is 14.3 Å². The average molecular weight is 194 g/mol. The fraction of sp³-hybridized carbons (Fsp3) is 0.636. The number of esters is 1. The summed E-state index contributed by atoms with van der Waals surface area (Å²) in [4.78, 5) is 22.4. The Kier molecular flexibility index (Phi) is 2.40. The number of hydrogen-bond donors (Lipinski definition) is 0. The predicted octanol–water partition coefficient (Wildman–Crippen LogP) is 1.19. The van der Waals surface area contributed by atoms with Gasteiger partial charge < -0.3 is 9.53 Å². The van der Waals surface area contributed by atoms with Crippen LogP contribution in [0.15, 0.2) is 12.2 Å². The lowest BCUT2D eigenvalue weighted by Crippen LogP contribution is -2.42. The van der Waals surface area contributed by atoms with Crippen molar-refractivity contribution >= 4 is 12.3 Å². The van der Waals surface area contributed by atoms with E-state index >= 15 is 0 Å². The van der Waals surface area contributed by atoms with E-state index in [0.717, 1.165) is 19.1 Å². The van der Waals surface area contributed by atoms with Gasteiger partial charge in [0.2, 0.25) is 0 Å². The Morgan fingerprint density at radius 2 is 2.00 bits per heavy atom. The van der Waals surface area contributed by atoms with Gasteiger partial charge in [-0.15, -0.1) is 0 Å². The molecule has 0 saturated heterocycles. The second-order valence-electron chi connectivity index (χ2n) is 4.05. The van der Waals surface area contributed by atoms with Crippen molar-refractivity contribution < 1.29 is 14.3 Å². The maximum Gasteiger partial charge on any atom is 0.310 e. The van der Waals surface area contributed by atoms with E-state index in [-0.39, 0.29) is 29.6 Å². The van der Waals surface area contributed by atoms with Crippen LogP contribution in [0.5, 0.6) is 0 Å². The topological polar surface area (TPSA) is 43.4 Å². The van der Waals surface area contributed by atoms with E-state index in [9.17, 15) is 9.59 Å². The highest BCUT2D eigenvalue weighted by molar-refractivity contribution is 5.78. The number of allylic oxidation sites excluding steroid dienone is 2. The third-order valence-electron chi connectivity index (χ3n) is 3.44. The van der Waals surface area contributed by atoms with Crippen molar-refractivity contribution in [3.05, 3.63) is 12.2 Å². The fourth-order valence-electron chi connectivity index (χ4n) is 2.69. The zero-order valence-electron chi connectivity index (χ0n) is 8.18. The van der Waals surface area contributed by atoms with Crippen LogP contribution >= 0.6 is 0 Å². The molecular formula is C11H14O3. The third-order valence-corrected chi connectivity index (χ3v) is 3.44. The lowest BCUT2D eigenvalue weighted by atomic mass is 9.63.